The topological polar surface area (TPSA) is 111 Å². The Morgan fingerprint density at radius 2 is 1.76 bits per heavy atom. The van der Waals surface area contributed by atoms with E-state index in [0.29, 0.717) is 36.4 Å². The second-order valence-corrected chi connectivity index (χ2v) is 10.8. The summed E-state index contributed by atoms with van der Waals surface area (Å²) in [4.78, 5) is 37.8. The number of benzene rings is 2. The maximum atomic E-state index is 13.1. The Bertz CT molecular complexity index is 1360. The normalized spacial score (nSPS) is 19.7. The lowest BCUT2D eigenvalue weighted by Gasteiger charge is -2.41. The number of nitrogens with zero attached hydrogens (tertiary/aromatic N) is 2. The zero-order valence-corrected chi connectivity index (χ0v) is 21.8. The van der Waals surface area contributed by atoms with Gasteiger partial charge in [0.2, 0.25) is 0 Å². The van der Waals surface area contributed by atoms with Gasteiger partial charge in [-0.25, -0.2) is 14.3 Å². The van der Waals surface area contributed by atoms with Crippen LogP contribution in [0.5, 0.6) is 0 Å². The molecule has 0 unspecified atom stereocenters. The summed E-state index contributed by atoms with van der Waals surface area (Å²) in [5.41, 5.74) is -0.432. The number of aromatic carboxylic acids is 1. The largest absolute Gasteiger partial charge is 0.477 e. The minimum absolute atomic E-state index is 0.326. The number of nitrogens with one attached hydrogen (secondary N) is 1. The van der Waals surface area contributed by atoms with Crippen LogP contribution in [-0.2, 0) is 10.3 Å². The maximum absolute atomic E-state index is 13.1. The first-order valence-corrected chi connectivity index (χ1v) is 12.5. The van der Waals surface area contributed by atoms with E-state index in [-0.39, 0.29) is 11.6 Å². The van der Waals surface area contributed by atoms with Crippen LogP contribution in [0.25, 0.3) is 11.3 Å². The van der Waals surface area contributed by atoms with Crippen molar-refractivity contribution in [2.45, 2.75) is 63.6 Å². The summed E-state index contributed by atoms with van der Waals surface area (Å²) < 4.78 is 6.83. The molecule has 1 saturated carbocycles. The molecule has 0 bridgehead atoms. The summed E-state index contributed by atoms with van der Waals surface area (Å²) in [5.74, 6) is -1.30. The third-order valence-electron chi connectivity index (χ3n) is 6.51. The van der Waals surface area contributed by atoms with Gasteiger partial charge in [0.05, 0.1) is 17.3 Å². The van der Waals surface area contributed by atoms with Crippen LogP contribution in [0.1, 0.15) is 68.4 Å². The van der Waals surface area contributed by atoms with Gasteiger partial charge in [-0.2, -0.15) is 5.10 Å². The number of hydrogen-bond donors (Lipinski definition) is 2. The lowest BCUT2D eigenvalue weighted by Crippen LogP contribution is -2.50. The zero-order chi connectivity index (χ0) is 26.8. The van der Waals surface area contributed by atoms with Gasteiger partial charge in [0.25, 0.3) is 5.56 Å². The molecule has 8 nitrogen and oxygen atoms in total. The van der Waals surface area contributed by atoms with Gasteiger partial charge in [-0.3, -0.25) is 4.79 Å². The highest BCUT2D eigenvalue weighted by Gasteiger charge is 2.40. The molecule has 0 atom stereocenters. The van der Waals surface area contributed by atoms with Gasteiger partial charge >= 0.3 is 12.1 Å². The number of halogens is 1. The third-order valence-corrected chi connectivity index (χ3v) is 6.74. The van der Waals surface area contributed by atoms with Gasteiger partial charge in [0, 0.05) is 10.6 Å². The van der Waals surface area contributed by atoms with E-state index in [4.69, 9.17) is 16.3 Å². The number of carbonyl (C=O) groups is 2. The number of carboxylic acid groups (broad SMARTS) is 1. The van der Waals surface area contributed by atoms with E-state index in [1.165, 1.54) is 10.7 Å². The van der Waals surface area contributed by atoms with Crippen molar-refractivity contribution in [3.05, 3.63) is 87.2 Å². The van der Waals surface area contributed by atoms with Crippen LogP contribution in [0.3, 0.4) is 0 Å². The molecule has 194 valence electrons. The molecule has 0 radical (unpaired) electrons. The van der Waals surface area contributed by atoms with Crippen LogP contribution in [-0.4, -0.2) is 32.6 Å². The van der Waals surface area contributed by atoms with E-state index in [1.807, 2.05) is 48.5 Å². The predicted molar refractivity (Wildman–Crippen MR) is 141 cm³/mol. The summed E-state index contributed by atoms with van der Waals surface area (Å²) >= 11 is 6.28. The van der Waals surface area contributed by atoms with Gasteiger partial charge in [0.1, 0.15) is 11.2 Å². The van der Waals surface area contributed by atoms with E-state index >= 15 is 0 Å². The number of ether oxygens (including phenoxy) is 1. The molecule has 0 spiro atoms. The van der Waals surface area contributed by atoms with E-state index < -0.39 is 28.8 Å². The number of hydrogen-bond acceptors (Lipinski definition) is 5. The Morgan fingerprint density at radius 1 is 1.08 bits per heavy atom. The van der Waals surface area contributed by atoms with Gasteiger partial charge in [-0.15, -0.1) is 0 Å². The Labute approximate surface area is 220 Å². The highest BCUT2D eigenvalue weighted by Crippen LogP contribution is 2.42. The van der Waals surface area contributed by atoms with E-state index in [2.05, 4.69) is 10.4 Å². The molecule has 2 N–H and O–H groups in total. The van der Waals surface area contributed by atoms with Crippen molar-refractivity contribution >= 4 is 23.7 Å². The predicted octanol–water partition coefficient (Wildman–Crippen LogP) is 5.80. The van der Waals surface area contributed by atoms with Crippen LogP contribution in [0.4, 0.5) is 4.79 Å². The molecule has 1 aromatic heterocycles. The first kappa shape index (κ1) is 26.4. The molecule has 2 aromatic carbocycles. The smallest absolute Gasteiger partial charge is 0.408 e. The number of carbonyl (C=O) groups excluding carboxylic acids is 1. The Morgan fingerprint density at radius 3 is 2.35 bits per heavy atom. The standard InChI is InChI=1S/C28H30ClN3O5/c1-27(2,3)37-26(36)30-28(19-10-7-11-20(29)16-19)14-12-21(13-15-28)32-24(33)22(25(34)35)17-23(31-32)18-8-5-4-6-9-18/h4-11,16-17,21H,12-15H2,1-3H3,(H,30,36)(H,34,35). The van der Waals surface area contributed by atoms with Crippen molar-refractivity contribution in [3.63, 3.8) is 0 Å². The van der Waals surface area contributed by atoms with Gasteiger partial charge in [0.15, 0.2) is 0 Å². The third kappa shape index (κ3) is 6.02. The van der Waals surface area contributed by atoms with Crippen molar-refractivity contribution < 1.29 is 19.4 Å². The fourth-order valence-electron chi connectivity index (χ4n) is 4.77. The van der Waals surface area contributed by atoms with Gasteiger partial charge in [-0.1, -0.05) is 54.1 Å². The number of aromatic nitrogens is 2. The number of carboxylic acids is 1. The van der Waals surface area contributed by atoms with Gasteiger partial charge in [-0.05, 0) is 70.2 Å². The summed E-state index contributed by atoms with van der Waals surface area (Å²) in [7, 11) is 0. The van der Waals surface area contributed by atoms with Gasteiger partial charge < -0.3 is 15.2 Å². The van der Waals surface area contributed by atoms with Crippen LogP contribution < -0.4 is 10.9 Å². The summed E-state index contributed by atoms with van der Waals surface area (Å²) in [6, 6.07) is 17.4. The molecule has 0 saturated heterocycles. The summed E-state index contributed by atoms with van der Waals surface area (Å²) in [5, 5.41) is 17.9. The average Bonchev–Trinajstić information content (AvgIpc) is 2.84. The van der Waals surface area contributed by atoms with Crippen molar-refractivity contribution in [1.29, 1.82) is 0 Å². The van der Waals surface area contributed by atoms with Crippen LogP contribution in [0.15, 0.2) is 65.5 Å². The minimum Gasteiger partial charge on any atom is -0.477 e. The zero-order valence-electron chi connectivity index (χ0n) is 21.0. The summed E-state index contributed by atoms with van der Waals surface area (Å²) in [6.45, 7) is 5.40. The van der Waals surface area contributed by atoms with Crippen molar-refractivity contribution in [2.75, 3.05) is 0 Å². The highest BCUT2D eigenvalue weighted by molar-refractivity contribution is 6.30. The van der Waals surface area contributed by atoms with E-state index in [1.54, 1.807) is 26.8 Å². The SMILES string of the molecule is CC(C)(C)OC(=O)NC1(c2cccc(Cl)c2)CCC(n2nc(-c3ccccc3)cc(C(=O)O)c2=O)CC1. The molecule has 9 heteroatoms. The lowest BCUT2D eigenvalue weighted by atomic mass is 9.75. The molecule has 1 amide bonds. The molecule has 1 fully saturated rings. The quantitative estimate of drug-likeness (QED) is 0.437. The second-order valence-electron chi connectivity index (χ2n) is 10.3. The molecule has 1 aliphatic carbocycles. The molecule has 1 heterocycles. The molecule has 0 aliphatic heterocycles. The Balaban J connectivity index is 1.68. The first-order valence-electron chi connectivity index (χ1n) is 12.2. The molecule has 4 rings (SSSR count). The molecule has 37 heavy (non-hydrogen) atoms. The van der Waals surface area contributed by atoms with Crippen LogP contribution >= 0.6 is 11.6 Å². The Kier molecular flexibility index (Phi) is 7.41. The summed E-state index contributed by atoms with van der Waals surface area (Å²) in [6.07, 6.45) is 1.37. The number of amides is 1. The number of alkyl carbamates (subject to hydrolysis) is 1. The fraction of sp³-hybridized carbons (Fsp3) is 0.357. The molecule has 3 aromatic rings. The monoisotopic (exact) mass is 523 g/mol. The van der Waals surface area contributed by atoms with Crippen molar-refractivity contribution in [3.8, 4) is 11.3 Å². The van der Waals surface area contributed by atoms with Crippen LogP contribution in [0.2, 0.25) is 5.02 Å². The van der Waals surface area contributed by atoms with E-state index in [0.717, 1.165) is 11.1 Å². The average molecular weight is 524 g/mol. The van der Waals surface area contributed by atoms with Crippen LogP contribution in [0, 0.1) is 0 Å². The second kappa shape index (κ2) is 10.4. The molecular formula is C28H30ClN3O5. The Hall–Kier alpha value is -3.65. The fourth-order valence-corrected chi connectivity index (χ4v) is 4.96. The lowest BCUT2D eigenvalue weighted by molar-refractivity contribution is 0.0401. The number of rotatable bonds is 5. The minimum atomic E-state index is -1.30. The van der Waals surface area contributed by atoms with E-state index in [9.17, 15) is 19.5 Å². The highest BCUT2D eigenvalue weighted by atomic mass is 35.5. The molecule has 1 aliphatic rings. The maximum Gasteiger partial charge on any atom is 0.408 e. The van der Waals surface area contributed by atoms with Crippen molar-refractivity contribution in [1.82, 2.24) is 15.1 Å². The first-order chi connectivity index (χ1) is 17.5. The van der Waals surface area contributed by atoms with Crippen molar-refractivity contribution in [2.24, 2.45) is 0 Å². The molecular weight excluding hydrogens is 494 g/mol.